The molecule has 0 saturated carbocycles. The van der Waals surface area contributed by atoms with E-state index < -0.39 is 82.0 Å². The Hall–Kier alpha value is -12.7. The number of aryl methyl sites for hydroxylation is 3. The molecule has 0 spiro atoms. The van der Waals surface area contributed by atoms with Gasteiger partial charge in [0.05, 0.1) is 72.7 Å². The number of nitrogen functional groups attached to an aromatic ring is 1. The van der Waals surface area contributed by atoms with Crippen LogP contribution in [0.1, 0.15) is 152 Å². The number of nitrogens with zero attached hydrogens (tertiary/aromatic N) is 14. The zero-order chi connectivity index (χ0) is 89.9. The number of alkyl halides is 9. The first kappa shape index (κ1) is 94.2. The number of anilines is 9. The molecular weight excluding hydrogens is 1640 g/mol. The molecule has 0 bridgehead atoms. The van der Waals surface area contributed by atoms with Crippen molar-refractivity contribution in [3.05, 3.63) is 203 Å². The first-order chi connectivity index (χ1) is 56.5. The van der Waals surface area contributed by atoms with Gasteiger partial charge in [0.25, 0.3) is 0 Å². The predicted molar refractivity (Wildman–Crippen MR) is 450 cm³/mol. The number of halogens is 10. The molecule has 1 saturated heterocycles. The van der Waals surface area contributed by atoms with E-state index in [1.165, 1.54) is 54.6 Å². The number of rotatable bonds is 11. The molecule has 28 nitrogen and oxygen atoms in total. The molecule has 1 aliphatic rings. The lowest BCUT2D eigenvalue weighted by atomic mass is 9.78. The SMILES string of the molecule is C.CC(C)(C)OC(=O)N(C(=O)OC(C)(C)C)c1cc(Nc2ccc(C(F)(F)F)cc2)nc(Cl)n1.Cc1nn2ccccc2c1-c1nc(N)cc(Nc2ccc(C(F)(F)F)cc2)n1.Cc1nn2ccccc2c1-c1nc(Nc2ccc(C(F)(F)F)cc2)cc(N(C(=O)OC(C)(C)C)C(=O)OC(C)(C)C)n1.Cc1nn2ccccc2c1B1OC(C)(C)C(C)(C)O1. The number of imide groups is 2. The summed E-state index contributed by atoms with van der Waals surface area (Å²) in [5.74, 6) is 0.737. The molecule has 652 valence electrons. The number of ether oxygens (including phenoxy) is 4. The van der Waals surface area contributed by atoms with E-state index in [1.807, 2.05) is 67.2 Å². The van der Waals surface area contributed by atoms with Crippen molar-refractivity contribution in [2.75, 3.05) is 31.5 Å². The highest BCUT2D eigenvalue weighted by Crippen LogP contribution is 2.40. The molecule has 0 unspecified atom stereocenters. The zero-order valence-corrected chi connectivity index (χ0v) is 70.6. The van der Waals surface area contributed by atoms with E-state index in [0.717, 1.165) is 69.8 Å². The summed E-state index contributed by atoms with van der Waals surface area (Å²) in [4.78, 5) is 79.2. The highest BCUT2D eigenvalue weighted by molar-refractivity contribution is 6.65. The Balaban J connectivity index is 0.000000191. The number of carbonyl (C=O) groups is 4. The van der Waals surface area contributed by atoms with Gasteiger partial charge in [0.2, 0.25) is 5.28 Å². The standard InChI is InChI=1S/C29H31F3N6O4.C21H24ClF3N4O4.C19H15F3N6.C14H19BN2O2.CH4/c1-17-23(20-10-8-9-15-37(20)36-17)24-34-21(33-19-13-11-18(12-14-19)29(30,31)32)16-22(35-24)38(25(39)41-27(2,3)4)26(40)42-28(5,6)7;1-19(2,3)32-17(30)29(18(31)33-20(4,5)6)15-11-14(27-16(22)28-15)26-13-9-7-12(8-10-13)21(23,24)25;1-11-17(14-4-2-3-9-28(14)27-11)18-25-15(23)10-16(26-18)24-13-7-5-12(6-8-13)19(20,21)22;1-10-12(11-8-6-7-9-17(11)16-10)15-18-13(2,3)14(4,5)19-15;/h8-16H,1-7H3,(H,33,34,35);7-11H,1-6H3,(H,26,27,28);2-10H,1H3,(H3,23,24,25,26);6-9H,1-5H3;1H4. The van der Waals surface area contributed by atoms with Crippen molar-refractivity contribution in [3.63, 3.8) is 0 Å². The van der Waals surface area contributed by atoms with E-state index in [9.17, 15) is 58.7 Å². The maximum absolute atomic E-state index is 13.4. The van der Waals surface area contributed by atoms with Crippen LogP contribution in [0.2, 0.25) is 5.28 Å². The molecule has 9 aromatic heterocycles. The van der Waals surface area contributed by atoms with Crippen LogP contribution in [0.3, 0.4) is 0 Å². The molecule has 0 radical (unpaired) electrons. The van der Waals surface area contributed by atoms with Crippen LogP contribution in [0.4, 0.5) is 111 Å². The van der Waals surface area contributed by atoms with E-state index in [1.54, 1.807) is 123 Å². The molecule has 123 heavy (non-hydrogen) atoms. The summed E-state index contributed by atoms with van der Waals surface area (Å²) in [6.45, 7) is 33.4. The fourth-order valence-corrected chi connectivity index (χ4v) is 11.7. The van der Waals surface area contributed by atoms with Crippen LogP contribution >= 0.6 is 11.6 Å². The number of nitrogens with one attached hydrogen (secondary N) is 3. The predicted octanol–water partition coefficient (Wildman–Crippen LogP) is 21.1. The Labute approximate surface area is 708 Å². The Morgan fingerprint density at radius 1 is 0.423 bits per heavy atom. The first-order valence-electron chi connectivity index (χ1n) is 37.6. The number of hydrogen-bond acceptors (Lipinski definition) is 23. The van der Waals surface area contributed by atoms with Crippen molar-refractivity contribution in [2.24, 2.45) is 0 Å². The van der Waals surface area contributed by atoms with Crippen LogP contribution in [0.15, 0.2) is 164 Å². The maximum atomic E-state index is 13.4. The normalized spacial score (nSPS) is 13.4. The minimum atomic E-state index is -4.50. The third kappa shape index (κ3) is 24.4. The van der Waals surface area contributed by atoms with E-state index in [0.29, 0.717) is 43.9 Å². The molecule has 39 heteroatoms. The van der Waals surface area contributed by atoms with Gasteiger partial charge in [0.15, 0.2) is 23.3 Å². The summed E-state index contributed by atoms with van der Waals surface area (Å²) in [7, 11) is -0.357. The van der Waals surface area contributed by atoms with Crippen molar-refractivity contribution in [2.45, 2.75) is 191 Å². The van der Waals surface area contributed by atoms with Gasteiger partial charge in [-0.3, -0.25) is 0 Å². The lowest BCUT2D eigenvalue weighted by Crippen LogP contribution is -2.44. The van der Waals surface area contributed by atoms with Crippen LogP contribution in [0.25, 0.3) is 39.3 Å². The number of amides is 4. The minimum Gasteiger partial charge on any atom is -0.443 e. The van der Waals surface area contributed by atoms with Crippen LogP contribution in [0.5, 0.6) is 0 Å². The van der Waals surface area contributed by atoms with E-state index in [4.69, 9.17) is 45.6 Å². The lowest BCUT2D eigenvalue weighted by Gasteiger charge is -2.32. The van der Waals surface area contributed by atoms with Crippen molar-refractivity contribution < 1.29 is 86.9 Å². The Morgan fingerprint density at radius 2 is 0.724 bits per heavy atom. The van der Waals surface area contributed by atoms with Gasteiger partial charge in [-0.05, 0) is 252 Å². The van der Waals surface area contributed by atoms with Gasteiger partial charge in [-0.1, -0.05) is 25.6 Å². The molecule has 3 aromatic carbocycles. The fraction of sp³-hybridized carbons (Fsp3) is 0.345. The quantitative estimate of drug-likeness (QED) is 0.0404. The van der Waals surface area contributed by atoms with Gasteiger partial charge >= 0.3 is 50.0 Å². The van der Waals surface area contributed by atoms with Gasteiger partial charge in [-0.15, -0.1) is 0 Å². The summed E-state index contributed by atoms with van der Waals surface area (Å²) in [6.07, 6.45) is -12.1. The van der Waals surface area contributed by atoms with Gasteiger partial charge in [0.1, 0.15) is 45.7 Å². The van der Waals surface area contributed by atoms with Gasteiger partial charge in [-0.2, -0.15) is 69.6 Å². The molecule has 0 atom stereocenters. The molecule has 4 amide bonds. The average molecular weight is 1730 g/mol. The number of fused-ring (bicyclic) bond motifs is 3. The largest absolute Gasteiger partial charge is 0.499 e. The number of hydrogen-bond donors (Lipinski definition) is 4. The van der Waals surface area contributed by atoms with E-state index >= 15 is 0 Å². The second-order valence-corrected chi connectivity index (χ2v) is 32.9. The van der Waals surface area contributed by atoms with Crippen molar-refractivity contribution in [1.82, 2.24) is 58.7 Å². The second-order valence-electron chi connectivity index (χ2n) is 32.6. The summed E-state index contributed by atoms with van der Waals surface area (Å²) < 4.78 is 155. The smallest absolute Gasteiger partial charge is 0.443 e. The Bertz CT molecular complexity index is 5730. The van der Waals surface area contributed by atoms with Crippen LogP contribution < -0.4 is 36.9 Å². The van der Waals surface area contributed by atoms with Crippen molar-refractivity contribution >= 4 is 117 Å². The molecule has 13 rings (SSSR count). The van der Waals surface area contributed by atoms with Crippen molar-refractivity contribution in [1.29, 1.82) is 0 Å². The van der Waals surface area contributed by atoms with Crippen LogP contribution in [0, 0.1) is 20.8 Å². The van der Waals surface area contributed by atoms with Crippen LogP contribution in [-0.2, 0) is 46.8 Å². The summed E-state index contributed by atoms with van der Waals surface area (Å²) in [5.41, 5.74) is 7.13. The first-order valence-corrected chi connectivity index (χ1v) is 38.0. The van der Waals surface area contributed by atoms with E-state index in [-0.39, 0.29) is 77.3 Å². The Kier molecular flexibility index (Phi) is 27.7. The van der Waals surface area contributed by atoms with E-state index in [2.05, 4.69) is 88.8 Å². The molecule has 5 N–H and O–H groups in total. The highest BCUT2D eigenvalue weighted by Gasteiger charge is 2.53. The monoisotopic (exact) mass is 1730 g/mol. The molecular formula is C84H93BClF9N18O10. The Morgan fingerprint density at radius 3 is 1.07 bits per heavy atom. The molecule has 0 aliphatic carbocycles. The second kappa shape index (κ2) is 36.2. The third-order valence-corrected chi connectivity index (χ3v) is 17.7. The number of carbonyl (C=O) groups excluding carboxylic acids is 4. The number of nitrogens with two attached hydrogens (primary N) is 1. The highest BCUT2D eigenvalue weighted by atomic mass is 35.5. The lowest BCUT2D eigenvalue weighted by molar-refractivity contribution is -0.138. The van der Waals surface area contributed by atoms with Crippen molar-refractivity contribution in [3.8, 4) is 22.8 Å². The molecule has 12 aromatic rings. The third-order valence-electron chi connectivity index (χ3n) is 17.5. The number of aromatic nitrogens is 12. The summed E-state index contributed by atoms with van der Waals surface area (Å²) in [6, 6.07) is 34.2. The fourth-order valence-electron chi connectivity index (χ4n) is 11.5. The van der Waals surface area contributed by atoms with Gasteiger partial charge in [-0.25, -0.2) is 57.6 Å². The number of benzene rings is 3. The minimum absolute atomic E-state index is 0. The molecule has 1 aliphatic heterocycles. The average Bonchev–Trinajstić information content (AvgIpc) is 1.57. The van der Waals surface area contributed by atoms with Gasteiger partial charge < -0.3 is 49.9 Å². The summed E-state index contributed by atoms with van der Waals surface area (Å²) >= 11 is 5.98. The molecule has 10 heterocycles. The topological polar surface area (TPSA) is 321 Å². The van der Waals surface area contributed by atoms with Gasteiger partial charge in [0, 0.05) is 59.3 Å². The number of pyridine rings is 3. The zero-order valence-electron chi connectivity index (χ0n) is 69.9. The van der Waals surface area contributed by atoms with Crippen LogP contribution in [-0.4, -0.2) is 124 Å². The summed E-state index contributed by atoms with van der Waals surface area (Å²) in [5, 5.41) is 21.8. The maximum Gasteiger partial charge on any atom is 0.499 e. The molecule has 1 fully saturated rings.